The summed E-state index contributed by atoms with van der Waals surface area (Å²) in [5.41, 5.74) is 7.99. The number of halogens is 1. The third-order valence-electron chi connectivity index (χ3n) is 5.58. The van der Waals surface area contributed by atoms with Gasteiger partial charge in [0.25, 0.3) is 0 Å². The van der Waals surface area contributed by atoms with Crippen LogP contribution in [0.25, 0.3) is 12.2 Å². The highest BCUT2D eigenvalue weighted by Crippen LogP contribution is 2.46. The lowest BCUT2D eigenvalue weighted by molar-refractivity contribution is 0.0988. The fourth-order valence-electron chi connectivity index (χ4n) is 4.19. The summed E-state index contributed by atoms with van der Waals surface area (Å²) in [6.07, 6.45) is 4.36. The number of fused-ring (bicyclic) bond motifs is 3. The molecule has 0 bridgehead atoms. The number of ketones is 1. The van der Waals surface area contributed by atoms with Crippen molar-refractivity contribution in [2.24, 2.45) is 4.99 Å². The van der Waals surface area contributed by atoms with Crippen molar-refractivity contribution < 1.29 is 10.6 Å². The molecule has 0 aromatic heterocycles. The Balaban J connectivity index is 0.00000111. The van der Waals surface area contributed by atoms with Crippen LogP contribution in [-0.4, -0.2) is 11.5 Å². The average Bonchev–Trinajstić information content (AvgIpc) is 3.12. The molecule has 2 nitrogen and oxygen atoms in total. The second-order valence-electron chi connectivity index (χ2n) is 7.32. The van der Waals surface area contributed by atoms with Crippen molar-refractivity contribution in [2.45, 2.75) is 47.0 Å². The Morgan fingerprint density at radius 2 is 1.93 bits per heavy atom. The van der Waals surface area contributed by atoms with Gasteiger partial charge in [-0.25, -0.2) is 4.39 Å². The molecule has 1 unspecified atom stereocenters. The van der Waals surface area contributed by atoms with Gasteiger partial charge in [-0.15, -0.1) is 0 Å². The predicted molar refractivity (Wildman–Crippen MR) is 127 cm³/mol. The number of allylic oxidation sites excluding steroid dienone is 3. The van der Waals surface area contributed by atoms with Crippen LogP contribution in [0.3, 0.4) is 0 Å². The fourth-order valence-corrected chi connectivity index (χ4v) is 4.19. The number of hydrogen-bond acceptors (Lipinski definition) is 2. The van der Waals surface area contributed by atoms with Crippen LogP contribution in [-0.2, 0) is 0 Å². The van der Waals surface area contributed by atoms with Gasteiger partial charge in [0.05, 0.1) is 11.6 Å². The summed E-state index contributed by atoms with van der Waals surface area (Å²) >= 11 is 0. The van der Waals surface area contributed by atoms with Crippen molar-refractivity contribution in [1.82, 2.24) is 0 Å². The van der Waals surface area contributed by atoms with Crippen LogP contribution >= 0.6 is 0 Å². The lowest BCUT2D eigenvalue weighted by Gasteiger charge is -2.26. The largest absolute Gasteiger partial charge is 0.294 e. The Labute approximate surface area is 180 Å². The SMILES string of the molecule is C=Cc1ccc2c(c1)C1C(c3cc(C(=O)CC)ccc3F)=NC(C)=C1C(C)=C2.CC.[HH]. The lowest BCUT2D eigenvalue weighted by atomic mass is 9.75. The van der Waals surface area contributed by atoms with E-state index < -0.39 is 0 Å². The summed E-state index contributed by atoms with van der Waals surface area (Å²) in [5.74, 6) is -0.491. The number of aliphatic imine (C=N–C) groups is 1. The molecule has 1 heterocycles. The molecule has 0 saturated carbocycles. The van der Waals surface area contributed by atoms with E-state index in [4.69, 9.17) is 4.99 Å². The highest BCUT2D eigenvalue weighted by Gasteiger charge is 2.36. The van der Waals surface area contributed by atoms with Gasteiger partial charge in [-0.05, 0) is 59.9 Å². The minimum absolute atomic E-state index is 0. The molecule has 1 atom stereocenters. The molecule has 0 N–H and O–H groups in total. The molecule has 2 aromatic rings. The Morgan fingerprint density at radius 1 is 1.20 bits per heavy atom. The monoisotopic (exact) mass is 403 g/mol. The van der Waals surface area contributed by atoms with Gasteiger partial charge >= 0.3 is 0 Å². The maximum Gasteiger partial charge on any atom is 0.162 e. The van der Waals surface area contributed by atoms with E-state index in [1.54, 1.807) is 12.1 Å². The van der Waals surface area contributed by atoms with E-state index in [2.05, 4.69) is 31.7 Å². The van der Waals surface area contributed by atoms with E-state index in [9.17, 15) is 9.18 Å². The molecule has 2 aromatic carbocycles. The van der Waals surface area contributed by atoms with Crippen LogP contribution < -0.4 is 0 Å². The summed E-state index contributed by atoms with van der Waals surface area (Å²) in [6, 6.07) is 10.8. The fraction of sp³-hybridized carbons (Fsp3) is 0.259. The van der Waals surface area contributed by atoms with Crippen molar-refractivity contribution in [2.75, 3.05) is 0 Å². The van der Waals surface area contributed by atoms with E-state index in [0.717, 1.165) is 33.5 Å². The number of Topliss-reactive ketones (excluding diaryl/α,β-unsaturated/α-hetero) is 1. The molecular formula is C27H30FNO. The molecule has 0 radical (unpaired) electrons. The van der Waals surface area contributed by atoms with Crippen LogP contribution in [0.1, 0.15) is 81.0 Å². The molecule has 1 aliphatic carbocycles. The van der Waals surface area contributed by atoms with Gasteiger partial charge in [-0.2, -0.15) is 0 Å². The zero-order chi connectivity index (χ0) is 22.0. The van der Waals surface area contributed by atoms with Gasteiger partial charge in [0.15, 0.2) is 5.78 Å². The summed E-state index contributed by atoms with van der Waals surface area (Å²) in [4.78, 5) is 17.0. The first-order valence-electron chi connectivity index (χ1n) is 10.5. The topological polar surface area (TPSA) is 29.4 Å². The Morgan fingerprint density at radius 3 is 2.60 bits per heavy atom. The maximum absolute atomic E-state index is 14.9. The summed E-state index contributed by atoms with van der Waals surface area (Å²) < 4.78 is 14.9. The molecule has 1 aliphatic heterocycles. The second-order valence-corrected chi connectivity index (χ2v) is 7.32. The highest BCUT2D eigenvalue weighted by atomic mass is 19.1. The summed E-state index contributed by atoms with van der Waals surface area (Å²) in [5, 5.41) is 0. The first kappa shape index (κ1) is 21.6. The molecule has 3 heteroatoms. The standard InChI is InChI=1S/C25H22FNO.C2H6.H2/c1-5-16-7-8-17-11-14(3)23-15(4)27-25(24(23)19(17)12-16)20-13-18(22(28)6-2)9-10-21(20)26;1-2;/h5,7-13,24H,1,6H2,2-4H3;1-2H3;1H. The van der Waals surface area contributed by atoms with Gasteiger partial charge in [0.2, 0.25) is 0 Å². The molecule has 0 fully saturated rings. The molecule has 30 heavy (non-hydrogen) atoms. The van der Waals surface area contributed by atoms with Gasteiger partial charge in [0, 0.05) is 24.7 Å². The lowest BCUT2D eigenvalue weighted by Crippen LogP contribution is -2.19. The van der Waals surface area contributed by atoms with Crippen molar-refractivity contribution in [1.29, 1.82) is 0 Å². The summed E-state index contributed by atoms with van der Waals surface area (Å²) in [7, 11) is 0. The van der Waals surface area contributed by atoms with E-state index in [0.29, 0.717) is 23.3 Å². The quantitative estimate of drug-likeness (QED) is 0.483. The second kappa shape index (κ2) is 8.74. The molecular weight excluding hydrogens is 373 g/mol. The Kier molecular flexibility index (Phi) is 6.31. The van der Waals surface area contributed by atoms with E-state index >= 15 is 0 Å². The Hall–Kier alpha value is -3.07. The number of carbonyl (C=O) groups excluding carboxylic acids is 1. The number of carbonyl (C=O) groups is 1. The van der Waals surface area contributed by atoms with E-state index in [1.165, 1.54) is 6.07 Å². The molecule has 156 valence electrons. The molecule has 2 aliphatic rings. The van der Waals surface area contributed by atoms with Crippen molar-refractivity contribution in [3.63, 3.8) is 0 Å². The number of nitrogens with zero attached hydrogens (tertiary/aromatic N) is 1. The van der Waals surface area contributed by atoms with E-state index in [1.807, 2.05) is 39.8 Å². The Bertz CT molecular complexity index is 1120. The zero-order valence-corrected chi connectivity index (χ0v) is 18.3. The molecule has 0 saturated heterocycles. The van der Waals surface area contributed by atoms with Crippen LogP contribution in [0.15, 0.2) is 64.8 Å². The minimum Gasteiger partial charge on any atom is -0.294 e. The third-order valence-corrected chi connectivity index (χ3v) is 5.58. The number of hydrogen-bond donors (Lipinski definition) is 0. The predicted octanol–water partition coefficient (Wildman–Crippen LogP) is 7.61. The molecule has 4 rings (SSSR count). The molecule has 0 amide bonds. The summed E-state index contributed by atoms with van der Waals surface area (Å²) in [6.45, 7) is 13.7. The van der Waals surface area contributed by atoms with Gasteiger partial charge in [-0.3, -0.25) is 9.79 Å². The van der Waals surface area contributed by atoms with Crippen LogP contribution in [0, 0.1) is 5.82 Å². The maximum atomic E-state index is 14.9. The van der Waals surface area contributed by atoms with Crippen LogP contribution in [0.5, 0.6) is 0 Å². The zero-order valence-electron chi connectivity index (χ0n) is 18.3. The smallest absolute Gasteiger partial charge is 0.162 e. The number of benzene rings is 2. The highest BCUT2D eigenvalue weighted by molar-refractivity contribution is 6.12. The van der Waals surface area contributed by atoms with Crippen LogP contribution in [0.2, 0.25) is 0 Å². The normalized spacial score (nSPS) is 16.7. The first-order valence-corrected chi connectivity index (χ1v) is 10.5. The van der Waals surface area contributed by atoms with Crippen molar-refractivity contribution in [3.8, 4) is 0 Å². The third kappa shape index (κ3) is 3.60. The average molecular weight is 404 g/mol. The minimum atomic E-state index is -0.353. The van der Waals surface area contributed by atoms with Gasteiger partial charge < -0.3 is 0 Å². The van der Waals surface area contributed by atoms with Gasteiger partial charge in [-0.1, -0.05) is 57.7 Å². The van der Waals surface area contributed by atoms with Crippen molar-refractivity contribution in [3.05, 3.63) is 93.5 Å². The van der Waals surface area contributed by atoms with E-state index in [-0.39, 0.29) is 18.9 Å². The molecule has 0 spiro atoms. The van der Waals surface area contributed by atoms with Crippen LogP contribution in [0.4, 0.5) is 4.39 Å². The van der Waals surface area contributed by atoms with Crippen molar-refractivity contribution >= 4 is 23.6 Å². The van der Waals surface area contributed by atoms with Gasteiger partial charge in [0.1, 0.15) is 5.82 Å². The first-order chi connectivity index (χ1) is 14.4. The number of rotatable bonds is 4.